The predicted molar refractivity (Wildman–Crippen MR) is 88.5 cm³/mol. The Balaban J connectivity index is 1.44. The van der Waals surface area contributed by atoms with Gasteiger partial charge in [0.1, 0.15) is 5.75 Å². The SMILES string of the molecule is O=C(NCCCOc1ccncc1)c1cc2ccccc2s1. The second-order valence-corrected chi connectivity index (χ2v) is 5.87. The van der Waals surface area contributed by atoms with E-state index in [1.807, 2.05) is 42.5 Å². The normalized spacial score (nSPS) is 10.5. The molecule has 0 saturated heterocycles. The number of thiophene rings is 1. The Hall–Kier alpha value is -2.40. The van der Waals surface area contributed by atoms with Gasteiger partial charge in [0.05, 0.1) is 11.5 Å². The minimum absolute atomic E-state index is 0.0230. The maximum absolute atomic E-state index is 12.1. The van der Waals surface area contributed by atoms with E-state index in [0.29, 0.717) is 13.2 Å². The van der Waals surface area contributed by atoms with Crippen LogP contribution in [0.2, 0.25) is 0 Å². The van der Waals surface area contributed by atoms with Crippen LogP contribution in [0.25, 0.3) is 10.1 Å². The van der Waals surface area contributed by atoms with E-state index in [0.717, 1.165) is 27.1 Å². The number of nitrogens with one attached hydrogen (secondary N) is 1. The summed E-state index contributed by atoms with van der Waals surface area (Å²) < 4.78 is 6.69. The van der Waals surface area contributed by atoms with Crippen molar-refractivity contribution in [3.8, 4) is 5.75 Å². The van der Waals surface area contributed by atoms with Crippen molar-refractivity contribution in [2.45, 2.75) is 6.42 Å². The summed E-state index contributed by atoms with van der Waals surface area (Å²) in [7, 11) is 0. The number of carbonyl (C=O) groups excluding carboxylic acids is 1. The van der Waals surface area contributed by atoms with Gasteiger partial charge in [0.15, 0.2) is 0 Å². The first-order valence-electron chi connectivity index (χ1n) is 7.12. The quantitative estimate of drug-likeness (QED) is 0.709. The van der Waals surface area contributed by atoms with Crippen LogP contribution in [0.3, 0.4) is 0 Å². The van der Waals surface area contributed by atoms with Gasteiger partial charge in [-0.05, 0) is 36.1 Å². The molecule has 112 valence electrons. The molecule has 0 saturated carbocycles. The third-order valence-corrected chi connectivity index (χ3v) is 4.29. The molecule has 0 atom stereocenters. The molecule has 3 rings (SSSR count). The lowest BCUT2D eigenvalue weighted by Gasteiger charge is -2.06. The van der Waals surface area contributed by atoms with Gasteiger partial charge in [-0.25, -0.2) is 0 Å². The first kappa shape index (κ1) is 14.5. The van der Waals surface area contributed by atoms with Gasteiger partial charge in [0, 0.05) is 23.6 Å². The van der Waals surface area contributed by atoms with Crippen LogP contribution in [0.15, 0.2) is 54.9 Å². The lowest BCUT2D eigenvalue weighted by molar-refractivity contribution is 0.0955. The molecule has 2 aromatic heterocycles. The van der Waals surface area contributed by atoms with Gasteiger partial charge in [0.25, 0.3) is 5.91 Å². The Labute approximate surface area is 132 Å². The third-order valence-electron chi connectivity index (χ3n) is 3.17. The molecule has 22 heavy (non-hydrogen) atoms. The molecule has 0 radical (unpaired) electrons. The zero-order valence-electron chi connectivity index (χ0n) is 12.0. The number of fused-ring (bicyclic) bond motifs is 1. The predicted octanol–water partition coefficient (Wildman–Crippen LogP) is 3.50. The largest absolute Gasteiger partial charge is 0.493 e. The molecule has 0 aliphatic heterocycles. The number of pyridine rings is 1. The van der Waals surface area contributed by atoms with Gasteiger partial charge < -0.3 is 10.1 Å². The van der Waals surface area contributed by atoms with Crippen LogP contribution in [0, 0.1) is 0 Å². The van der Waals surface area contributed by atoms with Gasteiger partial charge in [-0.3, -0.25) is 9.78 Å². The van der Waals surface area contributed by atoms with E-state index in [4.69, 9.17) is 4.74 Å². The Morgan fingerprint density at radius 3 is 2.82 bits per heavy atom. The molecule has 4 nitrogen and oxygen atoms in total. The van der Waals surface area contributed by atoms with Gasteiger partial charge in [0.2, 0.25) is 0 Å². The number of nitrogens with zero attached hydrogens (tertiary/aromatic N) is 1. The molecular formula is C17H16N2O2S. The summed E-state index contributed by atoms with van der Waals surface area (Å²) in [6, 6.07) is 13.6. The van der Waals surface area contributed by atoms with Crippen LogP contribution in [-0.2, 0) is 0 Å². The highest BCUT2D eigenvalue weighted by molar-refractivity contribution is 7.20. The molecular weight excluding hydrogens is 296 g/mol. The summed E-state index contributed by atoms with van der Waals surface area (Å²) in [6.45, 7) is 1.16. The molecule has 0 unspecified atom stereocenters. The number of hydrogen-bond acceptors (Lipinski definition) is 4. The summed E-state index contributed by atoms with van der Waals surface area (Å²) in [5, 5.41) is 4.04. The highest BCUT2D eigenvalue weighted by Crippen LogP contribution is 2.24. The van der Waals surface area contributed by atoms with E-state index in [-0.39, 0.29) is 5.91 Å². The Kier molecular flexibility index (Phi) is 4.65. The van der Waals surface area contributed by atoms with Gasteiger partial charge >= 0.3 is 0 Å². The number of ether oxygens (including phenoxy) is 1. The van der Waals surface area contributed by atoms with Crippen LogP contribution < -0.4 is 10.1 Å². The first-order chi connectivity index (χ1) is 10.8. The molecule has 1 N–H and O–H groups in total. The lowest BCUT2D eigenvalue weighted by Crippen LogP contribution is -2.24. The molecule has 1 amide bonds. The zero-order chi connectivity index (χ0) is 15.2. The fraction of sp³-hybridized carbons (Fsp3) is 0.176. The van der Waals surface area contributed by atoms with E-state index >= 15 is 0 Å². The van der Waals surface area contributed by atoms with Crippen molar-refractivity contribution >= 4 is 27.3 Å². The Morgan fingerprint density at radius 1 is 1.18 bits per heavy atom. The molecule has 0 aliphatic carbocycles. The first-order valence-corrected chi connectivity index (χ1v) is 7.94. The standard InChI is InChI=1S/C17H16N2O2S/c20-17(16-12-13-4-1-2-5-15(13)22-16)19-8-3-11-21-14-6-9-18-10-7-14/h1-2,4-7,9-10,12H,3,8,11H2,(H,19,20). The van der Waals surface area contributed by atoms with Crippen molar-refractivity contribution in [3.05, 3.63) is 59.7 Å². The van der Waals surface area contributed by atoms with E-state index < -0.39 is 0 Å². The number of aromatic nitrogens is 1. The average molecular weight is 312 g/mol. The number of benzene rings is 1. The molecule has 0 aliphatic rings. The van der Waals surface area contributed by atoms with E-state index in [1.165, 1.54) is 11.3 Å². The Morgan fingerprint density at radius 2 is 2.00 bits per heavy atom. The second-order valence-electron chi connectivity index (χ2n) is 4.79. The minimum atomic E-state index is -0.0230. The molecule has 0 bridgehead atoms. The fourth-order valence-corrected chi connectivity index (χ4v) is 3.06. The second kappa shape index (κ2) is 7.04. The maximum Gasteiger partial charge on any atom is 0.261 e. The van der Waals surface area contributed by atoms with Crippen LogP contribution in [0.5, 0.6) is 5.75 Å². The number of amides is 1. The number of rotatable bonds is 6. The van der Waals surface area contributed by atoms with Crippen molar-refractivity contribution < 1.29 is 9.53 Å². The molecule has 1 aromatic carbocycles. The maximum atomic E-state index is 12.1. The number of hydrogen-bond donors (Lipinski definition) is 1. The van der Waals surface area contributed by atoms with Crippen LogP contribution >= 0.6 is 11.3 Å². The van der Waals surface area contributed by atoms with Crippen molar-refractivity contribution in [3.63, 3.8) is 0 Å². The zero-order valence-corrected chi connectivity index (χ0v) is 12.8. The van der Waals surface area contributed by atoms with Crippen LogP contribution in [0.1, 0.15) is 16.1 Å². The molecule has 0 fully saturated rings. The number of carbonyl (C=O) groups is 1. The lowest BCUT2D eigenvalue weighted by atomic mass is 10.2. The summed E-state index contributed by atoms with van der Waals surface area (Å²) in [4.78, 5) is 16.8. The topological polar surface area (TPSA) is 51.2 Å². The van der Waals surface area contributed by atoms with Crippen LogP contribution in [-0.4, -0.2) is 24.0 Å². The Bertz CT molecular complexity index is 722. The van der Waals surface area contributed by atoms with Crippen molar-refractivity contribution in [1.82, 2.24) is 10.3 Å². The van der Waals surface area contributed by atoms with Crippen molar-refractivity contribution in [1.29, 1.82) is 0 Å². The third kappa shape index (κ3) is 3.62. The molecule has 5 heteroatoms. The summed E-state index contributed by atoms with van der Waals surface area (Å²) in [6.07, 6.45) is 4.15. The van der Waals surface area contributed by atoms with Gasteiger partial charge in [-0.1, -0.05) is 18.2 Å². The smallest absolute Gasteiger partial charge is 0.261 e. The van der Waals surface area contributed by atoms with Gasteiger partial charge in [-0.15, -0.1) is 11.3 Å². The highest BCUT2D eigenvalue weighted by Gasteiger charge is 2.09. The summed E-state index contributed by atoms with van der Waals surface area (Å²) in [5.41, 5.74) is 0. The van der Waals surface area contributed by atoms with E-state index in [2.05, 4.69) is 10.3 Å². The minimum Gasteiger partial charge on any atom is -0.493 e. The summed E-state index contributed by atoms with van der Waals surface area (Å²) in [5.74, 6) is 0.774. The van der Waals surface area contributed by atoms with E-state index in [1.54, 1.807) is 12.4 Å². The molecule has 0 spiro atoms. The average Bonchev–Trinajstić information content (AvgIpc) is 2.99. The highest BCUT2D eigenvalue weighted by atomic mass is 32.1. The van der Waals surface area contributed by atoms with Gasteiger partial charge in [-0.2, -0.15) is 0 Å². The summed E-state index contributed by atoms with van der Waals surface area (Å²) >= 11 is 1.52. The van der Waals surface area contributed by atoms with Crippen LogP contribution in [0.4, 0.5) is 0 Å². The van der Waals surface area contributed by atoms with E-state index in [9.17, 15) is 4.79 Å². The molecule has 2 heterocycles. The monoisotopic (exact) mass is 312 g/mol. The van der Waals surface area contributed by atoms with Crippen molar-refractivity contribution in [2.24, 2.45) is 0 Å². The molecule has 3 aromatic rings. The van der Waals surface area contributed by atoms with Crippen molar-refractivity contribution in [2.75, 3.05) is 13.2 Å². The fourth-order valence-electron chi connectivity index (χ4n) is 2.08.